The molecule has 2 aliphatic rings. The average molecular weight is 238 g/mol. The molecule has 0 radical (unpaired) electrons. The molecule has 0 aromatic carbocycles. The molecule has 1 aliphatic heterocycles. The van der Waals surface area contributed by atoms with Gasteiger partial charge >= 0.3 is 0 Å². The van der Waals surface area contributed by atoms with Gasteiger partial charge < -0.3 is 0 Å². The Balaban J connectivity index is 2.16. The molecule has 0 N–H and O–H groups in total. The third-order valence-electron chi connectivity index (χ3n) is 3.41. The van der Waals surface area contributed by atoms with Crippen LogP contribution >= 0.6 is 11.6 Å². The van der Waals surface area contributed by atoms with Crippen molar-refractivity contribution in [3.8, 4) is 0 Å². The smallest absolute Gasteiger partial charge is 0.212 e. The molecule has 2 bridgehead atoms. The minimum absolute atomic E-state index is 0.191. The summed E-state index contributed by atoms with van der Waals surface area (Å²) in [7, 11) is -3.12. The lowest BCUT2D eigenvalue weighted by Crippen LogP contribution is -2.42. The number of alkyl halides is 1. The number of rotatable bonds is 3. The Morgan fingerprint density at radius 2 is 2.21 bits per heavy atom. The van der Waals surface area contributed by atoms with Gasteiger partial charge in [-0.3, -0.25) is 0 Å². The van der Waals surface area contributed by atoms with Crippen LogP contribution in [-0.2, 0) is 10.0 Å². The number of nitrogens with zero attached hydrogens (tertiary/aromatic N) is 1. The van der Waals surface area contributed by atoms with Crippen molar-refractivity contribution < 1.29 is 8.42 Å². The molecule has 14 heavy (non-hydrogen) atoms. The van der Waals surface area contributed by atoms with E-state index in [1.807, 2.05) is 0 Å². The van der Waals surface area contributed by atoms with Crippen LogP contribution in [0.1, 0.15) is 26.2 Å². The molecule has 2 fully saturated rings. The molecule has 82 valence electrons. The Morgan fingerprint density at radius 1 is 1.50 bits per heavy atom. The van der Waals surface area contributed by atoms with Gasteiger partial charge in [0.1, 0.15) is 0 Å². The van der Waals surface area contributed by atoms with Gasteiger partial charge in [-0.1, -0.05) is 0 Å². The summed E-state index contributed by atoms with van der Waals surface area (Å²) < 4.78 is 25.7. The largest absolute Gasteiger partial charge is 0.218 e. The van der Waals surface area contributed by atoms with Crippen LogP contribution in [0.5, 0.6) is 0 Å². The average Bonchev–Trinajstić information content (AvgIpc) is 2.77. The summed E-state index contributed by atoms with van der Waals surface area (Å²) in [6, 6.07) is 0.274. The van der Waals surface area contributed by atoms with E-state index in [1.165, 1.54) is 6.42 Å². The minimum Gasteiger partial charge on any atom is -0.212 e. The van der Waals surface area contributed by atoms with Crippen LogP contribution < -0.4 is 0 Å². The van der Waals surface area contributed by atoms with Gasteiger partial charge in [0.15, 0.2) is 0 Å². The summed E-state index contributed by atoms with van der Waals surface area (Å²) in [5.74, 6) is 0.799. The molecule has 1 saturated carbocycles. The van der Waals surface area contributed by atoms with Crippen molar-refractivity contribution in [2.75, 3.05) is 12.4 Å². The van der Waals surface area contributed by atoms with Crippen molar-refractivity contribution in [3.63, 3.8) is 0 Å². The molecule has 3 unspecified atom stereocenters. The monoisotopic (exact) mass is 237 g/mol. The van der Waals surface area contributed by atoms with Gasteiger partial charge in [0.05, 0.1) is 5.25 Å². The second kappa shape index (κ2) is 3.65. The number of halogens is 1. The third-order valence-corrected chi connectivity index (χ3v) is 6.34. The molecule has 0 amide bonds. The highest BCUT2D eigenvalue weighted by atomic mass is 35.5. The van der Waals surface area contributed by atoms with Gasteiger partial charge in [-0.25, -0.2) is 8.42 Å². The van der Waals surface area contributed by atoms with Crippen LogP contribution in [0.3, 0.4) is 0 Å². The number of hydrogen-bond donors (Lipinski definition) is 0. The first kappa shape index (κ1) is 10.7. The lowest BCUT2D eigenvalue weighted by atomic mass is 10.1. The van der Waals surface area contributed by atoms with Crippen LogP contribution in [0.4, 0.5) is 0 Å². The van der Waals surface area contributed by atoms with Crippen LogP contribution in [0.2, 0.25) is 0 Å². The highest BCUT2D eigenvalue weighted by Gasteiger charge is 2.45. The molecule has 0 spiro atoms. The zero-order chi connectivity index (χ0) is 10.3. The Hall–Kier alpha value is 0.200. The number of hydrogen-bond acceptors (Lipinski definition) is 2. The SMILES string of the molecule is CC(CCl)S(=O)(=O)N1CC2CCC1C2. The van der Waals surface area contributed by atoms with Crippen molar-refractivity contribution in [1.29, 1.82) is 0 Å². The summed E-state index contributed by atoms with van der Waals surface area (Å²) in [5, 5.41) is -0.441. The van der Waals surface area contributed by atoms with E-state index < -0.39 is 15.3 Å². The maximum atomic E-state index is 12.0. The summed E-state index contributed by atoms with van der Waals surface area (Å²) in [5.41, 5.74) is 0. The molecular formula is C9H16ClNO2S. The second-order valence-corrected chi connectivity index (χ2v) is 7.02. The van der Waals surface area contributed by atoms with Gasteiger partial charge in [0.25, 0.3) is 0 Å². The first-order chi connectivity index (χ1) is 6.55. The summed E-state index contributed by atoms with van der Waals surface area (Å²) in [6.45, 7) is 2.42. The van der Waals surface area contributed by atoms with E-state index in [4.69, 9.17) is 11.6 Å². The molecule has 1 aliphatic carbocycles. The van der Waals surface area contributed by atoms with E-state index in [-0.39, 0.29) is 11.9 Å². The van der Waals surface area contributed by atoms with Crippen LogP contribution in [-0.4, -0.2) is 36.4 Å². The first-order valence-electron chi connectivity index (χ1n) is 5.12. The molecule has 0 aromatic heterocycles. The minimum atomic E-state index is -3.12. The van der Waals surface area contributed by atoms with Gasteiger partial charge in [-0.15, -0.1) is 11.6 Å². The molecule has 3 atom stereocenters. The van der Waals surface area contributed by atoms with E-state index in [2.05, 4.69) is 0 Å². The molecule has 5 heteroatoms. The molecule has 2 rings (SSSR count). The van der Waals surface area contributed by atoms with Gasteiger partial charge in [-0.05, 0) is 32.1 Å². The zero-order valence-electron chi connectivity index (χ0n) is 8.32. The van der Waals surface area contributed by atoms with Crippen LogP contribution in [0.25, 0.3) is 0 Å². The normalized spacial score (nSPS) is 35.0. The highest BCUT2D eigenvalue weighted by Crippen LogP contribution is 2.39. The first-order valence-corrected chi connectivity index (χ1v) is 7.16. The second-order valence-electron chi connectivity index (χ2n) is 4.41. The topological polar surface area (TPSA) is 37.4 Å². The van der Waals surface area contributed by atoms with Crippen LogP contribution in [0.15, 0.2) is 0 Å². The van der Waals surface area contributed by atoms with Gasteiger partial charge in [0, 0.05) is 18.5 Å². The van der Waals surface area contributed by atoms with Crippen molar-refractivity contribution in [1.82, 2.24) is 4.31 Å². The van der Waals surface area contributed by atoms with E-state index in [0.29, 0.717) is 5.92 Å². The third kappa shape index (κ3) is 1.57. The van der Waals surface area contributed by atoms with Crippen molar-refractivity contribution in [3.05, 3.63) is 0 Å². The van der Waals surface area contributed by atoms with E-state index >= 15 is 0 Å². The predicted molar refractivity (Wildman–Crippen MR) is 56.9 cm³/mol. The van der Waals surface area contributed by atoms with Crippen molar-refractivity contribution in [2.45, 2.75) is 37.5 Å². The number of piperidine rings is 1. The van der Waals surface area contributed by atoms with Gasteiger partial charge in [0.2, 0.25) is 10.0 Å². The maximum absolute atomic E-state index is 12.0. The zero-order valence-corrected chi connectivity index (χ0v) is 9.89. The fourth-order valence-electron chi connectivity index (χ4n) is 2.50. The molecule has 0 aromatic rings. The molecule has 1 saturated heterocycles. The molecular weight excluding hydrogens is 222 g/mol. The fourth-order valence-corrected chi connectivity index (χ4v) is 4.63. The number of fused-ring (bicyclic) bond motifs is 2. The van der Waals surface area contributed by atoms with Crippen LogP contribution in [0, 0.1) is 5.92 Å². The highest BCUT2D eigenvalue weighted by molar-refractivity contribution is 7.89. The number of sulfonamides is 1. The molecule has 1 heterocycles. The van der Waals surface area contributed by atoms with Crippen molar-refractivity contribution >= 4 is 21.6 Å². The maximum Gasteiger partial charge on any atom is 0.218 e. The molecule has 3 nitrogen and oxygen atoms in total. The Bertz CT molecular complexity index is 317. The summed E-state index contributed by atoms with van der Waals surface area (Å²) in [4.78, 5) is 0. The Labute approximate surface area is 90.5 Å². The van der Waals surface area contributed by atoms with E-state index in [1.54, 1.807) is 11.2 Å². The Morgan fingerprint density at radius 3 is 2.64 bits per heavy atom. The lowest BCUT2D eigenvalue weighted by Gasteiger charge is -2.28. The van der Waals surface area contributed by atoms with Gasteiger partial charge in [-0.2, -0.15) is 4.31 Å². The summed E-state index contributed by atoms with van der Waals surface area (Å²) >= 11 is 5.61. The standard InChI is InChI=1S/C9H16ClNO2S/c1-7(5-10)14(12,13)11-6-8-2-3-9(11)4-8/h7-9H,2-6H2,1H3. The fraction of sp³-hybridized carbons (Fsp3) is 1.00. The lowest BCUT2D eigenvalue weighted by molar-refractivity contribution is 0.331. The van der Waals surface area contributed by atoms with E-state index in [0.717, 1.165) is 19.4 Å². The quantitative estimate of drug-likeness (QED) is 0.697. The van der Waals surface area contributed by atoms with E-state index in [9.17, 15) is 8.42 Å². The Kier molecular flexibility index (Phi) is 2.79. The predicted octanol–water partition coefficient (Wildman–Crippen LogP) is 1.43. The van der Waals surface area contributed by atoms with Crippen molar-refractivity contribution in [2.24, 2.45) is 5.92 Å². The summed E-state index contributed by atoms with van der Waals surface area (Å²) in [6.07, 6.45) is 3.30.